The molecule has 4 aromatic rings. The predicted molar refractivity (Wildman–Crippen MR) is 138 cm³/mol. The average molecular weight is 451 g/mol. The van der Waals surface area contributed by atoms with E-state index in [1.54, 1.807) is 7.11 Å². The van der Waals surface area contributed by atoms with E-state index in [4.69, 9.17) is 4.74 Å². The summed E-state index contributed by atoms with van der Waals surface area (Å²) in [5.41, 5.74) is 7.37. The number of methoxy groups -OCH3 is 1. The summed E-state index contributed by atoms with van der Waals surface area (Å²) in [4.78, 5) is 14.7. The molecule has 1 aliphatic heterocycles. The fraction of sp³-hybridized carbons (Fsp3) is 0.143. The highest BCUT2D eigenvalue weighted by Gasteiger charge is 2.24. The van der Waals surface area contributed by atoms with Crippen LogP contribution in [0.3, 0.4) is 0 Å². The lowest BCUT2D eigenvalue weighted by atomic mass is 10.0. The minimum Gasteiger partial charge on any atom is -0.497 e. The maximum atomic E-state index is 12.5. The molecule has 0 saturated heterocycles. The van der Waals surface area contributed by atoms with Crippen molar-refractivity contribution < 1.29 is 9.53 Å². The zero-order chi connectivity index (χ0) is 23.7. The third-order valence-corrected chi connectivity index (χ3v) is 5.85. The topological polar surface area (TPSA) is 70.2 Å². The first kappa shape index (κ1) is 21.7. The molecule has 0 fully saturated rings. The molecule has 0 aliphatic carbocycles. The van der Waals surface area contributed by atoms with E-state index in [-0.39, 0.29) is 5.91 Å². The fourth-order valence-electron chi connectivity index (χ4n) is 4.15. The third-order valence-electron chi connectivity index (χ3n) is 5.85. The van der Waals surface area contributed by atoms with Gasteiger partial charge in [-0.15, -0.1) is 0 Å². The second-order valence-electron chi connectivity index (χ2n) is 8.65. The lowest BCUT2D eigenvalue weighted by Crippen LogP contribution is -2.10. The first-order valence-electron chi connectivity index (χ1n) is 11.1. The number of hydrogen-bond donors (Lipinski definition) is 2. The number of aromatic nitrogens is 2. The summed E-state index contributed by atoms with van der Waals surface area (Å²) in [7, 11) is 5.75. The first-order chi connectivity index (χ1) is 16.5. The number of carbonyl (C=O) groups is 1. The van der Waals surface area contributed by atoms with Gasteiger partial charge in [-0.05, 0) is 73.3 Å². The Kier molecular flexibility index (Phi) is 5.74. The van der Waals surface area contributed by atoms with Crippen LogP contribution in [0.1, 0.15) is 27.9 Å². The summed E-state index contributed by atoms with van der Waals surface area (Å²) >= 11 is 0. The molecule has 0 radical (unpaired) electrons. The summed E-state index contributed by atoms with van der Waals surface area (Å²) in [6.07, 6.45) is 5.98. The highest BCUT2D eigenvalue weighted by molar-refractivity contribution is 6.35. The standard InChI is InChI=1S/C28H26N4O2/c1-32(2)17-19-6-4-18(5-7-19)9-12-26-22-11-8-20(15-27(22)31-30-26)14-24-23-16-21(34-3)10-13-25(23)29-28(24)33/h4-16H,17H2,1-3H3,(H,29,33)(H,30,31)/b12-9?,24-14-. The normalized spacial score (nSPS) is 14.4. The van der Waals surface area contributed by atoms with Gasteiger partial charge in [-0.25, -0.2) is 0 Å². The van der Waals surface area contributed by atoms with Gasteiger partial charge < -0.3 is 15.0 Å². The molecule has 3 aromatic carbocycles. The van der Waals surface area contributed by atoms with Gasteiger partial charge in [0.1, 0.15) is 5.75 Å². The Labute approximate surface area is 198 Å². The highest BCUT2D eigenvalue weighted by atomic mass is 16.5. The molecule has 0 unspecified atom stereocenters. The molecule has 34 heavy (non-hydrogen) atoms. The van der Waals surface area contributed by atoms with Crippen LogP contribution in [0.5, 0.6) is 5.75 Å². The number of nitrogens with one attached hydrogen (secondary N) is 2. The van der Waals surface area contributed by atoms with Crippen LogP contribution in [-0.2, 0) is 11.3 Å². The largest absolute Gasteiger partial charge is 0.497 e. The lowest BCUT2D eigenvalue weighted by molar-refractivity contribution is -0.110. The van der Waals surface area contributed by atoms with Gasteiger partial charge in [-0.2, -0.15) is 5.10 Å². The monoisotopic (exact) mass is 450 g/mol. The summed E-state index contributed by atoms with van der Waals surface area (Å²) < 4.78 is 5.32. The van der Waals surface area contributed by atoms with Crippen molar-refractivity contribution in [1.29, 1.82) is 0 Å². The van der Waals surface area contributed by atoms with Gasteiger partial charge in [0.25, 0.3) is 5.91 Å². The van der Waals surface area contributed by atoms with E-state index < -0.39 is 0 Å². The second-order valence-corrected chi connectivity index (χ2v) is 8.65. The fourth-order valence-corrected chi connectivity index (χ4v) is 4.15. The maximum Gasteiger partial charge on any atom is 0.256 e. The minimum absolute atomic E-state index is 0.117. The summed E-state index contributed by atoms with van der Waals surface area (Å²) in [5.74, 6) is 0.599. The van der Waals surface area contributed by atoms with Crippen LogP contribution in [0, 0.1) is 0 Å². The minimum atomic E-state index is -0.117. The van der Waals surface area contributed by atoms with Crippen LogP contribution < -0.4 is 10.1 Å². The Morgan fingerprint density at radius 1 is 0.971 bits per heavy atom. The Morgan fingerprint density at radius 3 is 2.53 bits per heavy atom. The number of benzene rings is 3. The molecule has 6 nitrogen and oxygen atoms in total. The number of H-pyrrole nitrogens is 1. The molecule has 170 valence electrons. The van der Waals surface area contributed by atoms with Gasteiger partial charge in [-0.1, -0.05) is 36.4 Å². The molecule has 1 amide bonds. The smallest absolute Gasteiger partial charge is 0.256 e. The van der Waals surface area contributed by atoms with E-state index in [9.17, 15) is 4.79 Å². The van der Waals surface area contributed by atoms with Crippen molar-refractivity contribution >= 4 is 46.3 Å². The number of rotatable bonds is 6. The van der Waals surface area contributed by atoms with Crippen LogP contribution in [-0.4, -0.2) is 42.2 Å². The van der Waals surface area contributed by atoms with E-state index in [1.165, 1.54) is 5.56 Å². The van der Waals surface area contributed by atoms with Gasteiger partial charge in [-0.3, -0.25) is 9.89 Å². The van der Waals surface area contributed by atoms with Crippen LogP contribution in [0.25, 0.3) is 34.7 Å². The van der Waals surface area contributed by atoms with Crippen LogP contribution >= 0.6 is 0 Å². The Balaban J connectivity index is 1.39. The van der Waals surface area contributed by atoms with E-state index in [0.29, 0.717) is 11.3 Å². The van der Waals surface area contributed by atoms with Gasteiger partial charge in [0.05, 0.1) is 18.3 Å². The molecule has 1 aromatic heterocycles. The predicted octanol–water partition coefficient (Wildman–Crippen LogP) is 5.30. The SMILES string of the molecule is COc1ccc2c(c1)/C(=C/c1ccc3c(C=Cc4ccc(CN(C)C)cc4)n[nH]c3c1)C(=O)N2. The molecule has 2 heterocycles. The Bertz CT molecular complexity index is 1430. The van der Waals surface area contributed by atoms with Gasteiger partial charge in [0.2, 0.25) is 0 Å². The average Bonchev–Trinajstić information content (AvgIpc) is 3.38. The summed E-state index contributed by atoms with van der Waals surface area (Å²) in [6, 6.07) is 20.2. The molecule has 5 rings (SSSR count). The molecular formula is C28H26N4O2. The zero-order valence-electron chi connectivity index (χ0n) is 19.4. The van der Waals surface area contributed by atoms with E-state index >= 15 is 0 Å². The molecule has 0 saturated carbocycles. The molecule has 2 N–H and O–H groups in total. The number of ether oxygens (including phenoxy) is 1. The van der Waals surface area contributed by atoms with Crippen molar-refractivity contribution in [3.63, 3.8) is 0 Å². The molecular weight excluding hydrogens is 424 g/mol. The number of hydrogen-bond acceptors (Lipinski definition) is 4. The summed E-state index contributed by atoms with van der Waals surface area (Å²) in [6.45, 7) is 0.924. The Morgan fingerprint density at radius 2 is 1.76 bits per heavy atom. The number of aromatic amines is 1. The van der Waals surface area contributed by atoms with Crippen molar-refractivity contribution in [2.45, 2.75) is 6.54 Å². The van der Waals surface area contributed by atoms with Crippen molar-refractivity contribution in [3.8, 4) is 5.75 Å². The summed E-state index contributed by atoms with van der Waals surface area (Å²) in [5, 5.41) is 11.5. The number of fused-ring (bicyclic) bond motifs is 2. The van der Waals surface area contributed by atoms with Crippen molar-refractivity contribution in [1.82, 2.24) is 15.1 Å². The molecule has 0 spiro atoms. The number of carbonyl (C=O) groups excluding carboxylic acids is 1. The highest BCUT2D eigenvalue weighted by Crippen LogP contribution is 2.36. The quantitative estimate of drug-likeness (QED) is 0.391. The Hall–Kier alpha value is -4.16. The number of amides is 1. The molecule has 0 bridgehead atoms. The van der Waals surface area contributed by atoms with E-state index in [2.05, 4.69) is 64.9 Å². The van der Waals surface area contributed by atoms with Crippen LogP contribution in [0.15, 0.2) is 60.7 Å². The lowest BCUT2D eigenvalue weighted by Gasteiger charge is -2.09. The van der Waals surface area contributed by atoms with E-state index in [0.717, 1.165) is 45.5 Å². The molecule has 0 atom stereocenters. The maximum absolute atomic E-state index is 12.5. The van der Waals surface area contributed by atoms with Gasteiger partial charge in [0, 0.05) is 28.8 Å². The second kappa shape index (κ2) is 9.00. The van der Waals surface area contributed by atoms with Crippen molar-refractivity contribution in [2.24, 2.45) is 0 Å². The van der Waals surface area contributed by atoms with Gasteiger partial charge >= 0.3 is 0 Å². The molecule has 1 aliphatic rings. The zero-order valence-corrected chi connectivity index (χ0v) is 19.4. The van der Waals surface area contributed by atoms with Crippen molar-refractivity contribution in [3.05, 3.63) is 88.6 Å². The number of anilines is 1. The first-order valence-corrected chi connectivity index (χ1v) is 11.1. The van der Waals surface area contributed by atoms with E-state index in [1.807, 2.05) is 48.6 Å². The third kappa shape index (κ3) is 4.36. The number of nitrogens with zero attached hydrogens (tertiary/aromatic N) is 2. The van der Waals surface area contributed by atoms with Gasteiger partial charge in [0.15, 0.2) is 0 Å². The van der Waals surface area contributed by atoms with Crippen LogP contribution in [0.4, 0.5) is 5.69 Å². The van der Waals surface area contributed by atoms with Crippen molar-refractivity contribution in [2.75, 3.05) is 26.5 Å². The van der Waals surface area contributed by atoms with Crippen LogP contribution in [0.2, 0.25) is 0 Å². The molecule has 6 heteroatoms.